The number of hydrogen-bond acceptors (Lipinski definition) is 4. The first-order valence-corrected chi connectivity index (χ1v) is 5.69. The van der Waals surface area contributed by atoms with E-state index in [4.69, 9.17) is 10.4 Å². The van der Waals surface area contributed by atoms with Crippen LogP contribution in [-0.4, -0.2) is 29.4 Å². The van der Waals surface area contributed by atoms with E-state index in [1.54, 1.807) is 24.3 Å². The number of aliphatic hydroxyl groups excluding tert-OH is 2. The Morgan fingerprint density at radius 3 is 2.53 bits per heavy atom. The predicted octanol–water partition coefficient (Wildman–Crippen LogP) is 0.952. The highest BCUT2D eigenvalue weighted by Gasteiger charge is 2.09. The van der Waals surface area contributed by atoms with Crippen molar-refractivity contribution in [1.29, 1.82) is 5.26 Å². The summed E-state index contributed by atoms with van der Waals surface area (Å²) in [5.74, 6) is 0. The van der Waals surface area contributed by atoms with Gasteiger partial charge in [-0.05, 0) is 31.0 Å². The molecule has 1 aromatic carbocycles. The lowest BCUT2D eigenvalue weighted by Gasteiger charge is -2.16. The van der Waals surface area contributed by atoms with Crippen LogP contribution in [0.2, 0.25) is 0 Å². The molecule has 2 atom stereocenters. The molecule has 1 rings (SSSR count). The van der Waals surface area contributed by atoms with Gasteiger partial charge in [0.2, 0.25) is 0 Å². The third-order valence-corrected chi connectivity index (χ3v) is 2.65. The van der Waals surface area contributed by atoms with E-state index in [-0.39, 0.29) is 12.6 Å². The molecule has 1 aromatic rings. The van der Waals surface area contributed by atoms with Crippen LogP contribution in [0.4, 0.5) is 0 Å². The summed E-state index contributed by atoms with van der Waals surface area (Å²) >= 11 is 0. The molecule has 0 aliphatic carbocycles. The normalized spacial score (nSPS) is 14.0. The Morgan fingerprint density at radius 2 is 2.00 bits per heavy atom. The van der Waals surface area contributed by atoms with Crippen LogP contribution >= 0.6 is 0 Å². The number of rotatable bonds is 6. The summed E-state index contributed by atoms with van der Waals surface area (Å²) in [6, 6.07) is 9.09. The van der Waals surface area contributed by atoms with E-state index in [0.717, 1.165) is 5.56 Å². The van der Waals surface area contributed by atoms with Crippen molar-refractivity contribution in [3.8, 4) is 6.07 Å². The van der Waals surface area contributed by atoms with Crippen molar-refractivity contribution in [2.45, 2.75) is 25.5 Å². The van der Waals surface area contributed by atoms with Gasteiger partial charge in [0.25, 0.3) is 0 Å². The Morgan fingerprint density at radius 1 is 1.35 bits per heavy atom. The van der Waals surface area contributed by atoms with Gasteiger partial charge in [-0.1, -0.05) is 12.1 Å². The van der Waals surface area contributed by atoms with Crippen LogP contribution in [0, 0.1) is 11.3 Å². The minimum atomic E-state index is -0.594. The molecule has 0 bridgehead atoms. The summed E-state index contributed by atoms with van der Waals surface area (Å²) < 4.78 is 0. The molecule has 0 fully saturated rings. The molecule has 0 saturated carbocycles. The molecule has 2 unspecified atom stereocenters. The fraction of sp³-hybridized carbons (Fsp3) is 0.462. The Bertz CT molecular complexity index is 370. The van der Waals surface area contributed by atoms with E-state index < -0.39 is 6.10 Å². The Kier molecular flexibility index (Phi) is 5.64. The molecule has 92 valence electrons. The second-order valence-electron chi connectivity index (χ2n) is 4.07. The number of benzene rings is 1. The first-order chi connectivity index (χ1) is 8.17. The Hall–Kier alpha value is -1.41. The third-order valence-electron chi connectivity index (χ3n) is 2.65. The largest absolute Gasteiger partial charge is 0.396 e. The summed E-state index contributed by atoms with van der Waals surface area (Å²) in [6.07, 6.45) is 0.0731. The zero-order valence-corrected chi connectivity index (χ0v) is 9.93. The van der Waals surface area contributed by atoms with E-state index in [1.807, 2.05) is 13.0 Å². The van der Waals surface area contributed by atoms with Crippen molar-refractivity contribution in [1.82, 2.24) is 5.32 Å². The van der Waals surface area contributed by atoms with Crippen molar-refractivity contribution in [3.05, 3.63) is 35.4 Å². The van der Waals surface area contributed by atoms with E-state index in [0.29, 0.717) is 18.5 Å². The van der Waals surface area contributed by atoms with Gasteiger partial charge in [-0.2, -0.15) is 5.26 Å². The van der Waals surface area contributed by atoms with Gasteiger partial charge in [-0.15, -0.1) is 0 Å². The first-order valence-electron chi connectivity index (χ1n) is 5.69. The molecule has 0 radical (unpaired) electrons. The van der Waals surface area contributed by atoms with Crippen LogP contribution in [-0.2, 0) is 0 Å². The molecule has 4 nitrogen and oxygen atoms in total. The van der Waals surface area contributed by atoms with Gasteiger partial charge >= 0.3 is 0 Å². The molecule has 0 aliphatic rings. The summed E-state index contributed by atoms with van der Waals surface area (Å²) in [4.78, 5) is 0. The Balaban J connectivity index is 2.46. The fourth-order valence-electron chi connectivity index (χ4n) is 1.51. The van der Waals surface area contributed by atoms with Crippen molar-refractivity contribution >= 4 is 0 Å². The lowest BCUT2D eigenvalue weighted by Crippen LogP contribution is -2.31. The number of aliphatic hydroxyl groups is 2. The maximum atomic E-state index is 9.89. The van der Waals surface area contributed by atoms with E-state index >= 15 is 0 Å². The molecular formula is C13H18N2O2. The molecule has 0 amide bonds. The molecule has 17 heavy (non-hydrogen) atoms. The second-order valence-corrected chi connectivity index (χ2v) is 4.07. The molecular weight excluding hydrogens is 216 g/mol. The van der Waals surface area contributed by atoms with Crippen LogP contribution in [0.5, 0.6) is 0 Å². The van der Waals surface area contributed by atoms with Crippen LogP contribution in [0.3, 0.4) is 0 Å². The second kappa shape index (κ2) is 7.02. The van der Waals surface area contributed by atoms with Gasteiger partial charge in [0.1, 0.15) is 0 Å². The quantitative estimate of drug-likeness (QED) is 0.685. The maximum absolute atomic E-state index is 9.89. The van der Waals surface area contributed by atoms with Gasteiger partial charge in [0.15, 0.2) is 0 Å². The number of nitriles is 1. The monoisotopic (exact) mass is 234 g/mol. The van der Waals surface area contributed by atoms with E-state index in [2.05, 4.69) is 5.32 Å². The average Bonchev–Trinajstić information content (AvgIpc) is 2.36. The molecule has 0 aliphatic heterocycles. The lowest BCUT2D eigenvalue weighted by molar-refractivity contribution is 0.167. The number of nitrogens with zero attached hydrogens (tertiary/aromatic N) is 1. The van der Waals surface area contributed by atoms with E-state index in [1.165, 1.54) is 0 Å². The maximum Gasteiger partial charge on any atom is 0.0991 e. The summed E-state index contributed by atoms with van der Waals surface area (Å²) in [5, 5.41) is 30.4. The molecule has 0 spiro atoms. The standard InChI is InChI=1S/C13H18N2O2/c1-10(6-7-16)15-9-13(17)12-4-2-11(8-14)3-5-12/h2-5,10,13,15-17H,6-7,9H2,1H3. The average molecular weight is 234 g/mol. The predicted molar refractivity (Wildman–Crippen MR) is 65.3 cm³/mol. The molecule has 3 N–H and O–H groups in total. The SMILES string of the molecule is CC(CCO)NCC(O)c1ccc(C#N)cc1. The number of hydrogen-bond donors (Lipinski definition) is 3. The third kappa shape index (κ3) is 4.53. The lowest BCUT2D eigenvalue weighted by atomic mass is 10.1. The zero-order valence-electron chi connectivity index (χ0n) is 9.93. The summed E-state index contributed by atoms with van der Waals surface area (Å²) in [7, 11) is 0. The molecule has 0 heterocycles. The smallest absolute Gasteiger partial charge is 0.0991 e. The number of nitrogens with one attached hydrogen (secondary N) is 1. The Labute approximate surface area is 102 Å². The van der Waals surface area contributed by atoms with Crippen LogP contribution in [0.25, 0.3) is 0 Å². The molecule has 4 heteroatoms. The van der Waals surface area contributed by atoms with Gasteiger partial charge in [-0.3, -0.25) is 0 Å². The minimum Gasteiger partial charge on any atom is -0.396 e. The fourth-order valence-corrected chi connectivity index (χ4v) is 1.51. The highest BCUT2D eigenvalue weighted by molar-refractivity contribution is 5.32. The van der Waals surface area contributed by atoms with Crippen LogP contribution in [0.1, 0.15) is 30.6 Å². The zero-order chi connectivity index (χ0) is 12.7. The highest BCUT2D eigenvalue weighted by Crippen LogP contribution is 2.12. The van der Waals surface area contributed by atoms with Crippen molar-refractivity contribution in [2.24, 2.45) is 0 Å². The topological polar surface area (TPSA) is 76.3 Å². The van der Waals surface area contributed by atoms with Crippen molar-refractivity contribution in [2.75, 3.05) is 13.2 Å². The summed E-state index contributed by atoms with van der Waals surface area (Å²) in [6.45, 7) is 2.54. The highest BCUT2D eigenvalue weighted by atomic mass is 16.3. The van der Waals surface area contributed by atoms with Gasteiger partial charge < -0.3 is 15.5 Å². The summed E-state index contributed by atoms with van der Waals surface area (Å²) in [5.41, 5.74) is 1.37. The van der Waals surface area contributed by atoms with Crippen LogP contribution < -0.4 is 5.32 Å². The van der Waals surface area contributed by atoms with Gasteiger partial charge in [0.05, 0.1) is 17.7 Å². The molecule has 0 aromatic heterocycles. The van der Waals surface area contributed by atoms with E-state index in [9.17, 15) is 5.11 Å². The minimum absolute atomic E-state index is 0.140. The first kappa shape index (κ1) is 13.7. The van der Waals surface area contributed by atoms with Gasteiger partial charge in [-0.25, -0.2) is 0 Å². The van der Waals surface area contributed by atoms with Crippen molar-refractivity contribution < 1.29 is 10.2 Å². The van der Waals surface area contributed by atoms with Gasteiger partial charge in [0, 0.05) is 19.2 Å². The van der Waals surface area contributed by atoms with Crippen molar-refractivity contribution in [3.63, 3.8) is 0 Å². The van der Waals surface area contributed by atoms with Crippen LogP contribution in [0.15, 0.2) is 24.3 Å². The molecule has 0 saturated heterocycles.